The van der Waals surface area contributed by atoms with Crippen molar-refractivity contribution in [2.45, 2.75) is 0 Å². The Labute approximate surface area is 53.3 Å². The Bertz CT molecular complexity index is 111. The Morgan fingerprint density at radius 3 is 2.89 bits per heavy atom. The fourth-order valence-electron chi connectivity index (χ4n) is 0.287. The Kier molecular flexibility index (Phi) is 4.49. The SMILES string of the molecule is N=C(N)/C=C\NCCF. The molecule has 3 nitrogen and oxygen atoms in total. The van der Waals surface area contributed by atoms with Crippen LogP contribution in [0.1, 0.15) is 0 Å². The second-order valence-corrected chi connectivity index (χ2v) is 1.43. The van der Waals surface area contributed by atoms with Gasteiger partial charge in [0.05, 0.1) is 0 Å². The van der Waals surface area contributed by atoms with Gasteiger partial charge in [-0.25, -0.2) is 4.39 Å². The second-order valence-electron chi connectivity index (χ2n) is 1.43. The van der Waals surface area contributed by atoms with Crippen LogP contribution in [-0.2, 0) is 0 Å². The van der Waals surface area contributed by atoms with E-state index >= 15 is 0 Å². The number of nitrogens with one attached hydrogen (secondary N) is 2. The molecule has 0 bridgehead atoms. The van der Waals surface area contributed by atoms with Gasteiger partial charge in [0.2, 0.25) is 0 Å². The van der Waals surface area contributed by atoms with Crippen molar-refractivity contribution in [3.05, 3.63) is 12.3 Å². The summed E-state index contributed by atoms with van der Waals surface area (Å²) in [4.78, 5) is 0. The van der Waals surface area contributed by atoms with Gasteiger partial charge in [-0.15, -0.1) is 0 Å². The molecule has 0 aliphatic rings. The molecule has 0 aliphatic heterocycles. The highest BCUT2D eigenvalue weighted by Gasteiger charge is 1.76. The fraction of sp³-hybridized carbons (Fsp3) is 0.400. The zero-order valence-corrected chi connectivity index (χ0v) is 5.02. The molecule has 0 fully saturated rings. The largest absolute Gasteiger partial charge is 0.388 e. The standard InChI is InChI=1S/C5H10FN3/c6-2-4-9-3-1-5(7)8/h1,3,9H,2,4H2,(H3,7,8)/b3-1-. The summed E-state index contributed by atoms with van der Waals surface area (Å²) in [6, 6.07) is 0. The van der Waals surface area contributed by atoms with E-state index in [1.165, 1.54) is 12.3 Å². The summed E-state index contributed by atoms with van der Waals surface area (Å²) in [5.74, 6) is -0.0404. The average Bonchev–Trinajstić information content (AvgIpc) is 1.80. The summed E-state index contributed by atoms with van der Waals surface area (Å²) in [5, 5.41) is 9.28. The lowest BCUT2D eigenvalue weighted by atomic mass is 10.5. The first kappa shape index (κ1) is 7.94. The summed E-state index contributed by atoms with van der Waals surface area (Å²) in [6.07, 6.45) is 2.80. The Morgan fingerprint density at radius 1 is 1.78 bits per heavy atom. The number of nitrogens with two attached hydrogens (primary N) is 1. The lowest BCUT2D eigenvalue weighted by molar-refractivity contribution is 0.487. The Balaban J connectivity index is 3.15. The molecular formula is C5H10FN3. The molecule has 0 saturated carbocycles. The van der Waals surface area contributed by atoms with Crippen molar-refractivity contribution in [2.75, 3.05) is 13.2 Å². The molecule has 0 aromatic heterocycles. The number of hydrogen-bond acceptors (Lipinski definition) is 2. The number of rotatable bonds is 4. The molecule has 0 spiro atoms. The van der Waals surface area contributed by atoms with Gasteiger partial charge in [0.15, 0.2) is 0 Å². The van der Waals surface area contributed by atoms with E-state index < -0.39 is 6.67 Å². The van der Waals surface area contributed by atoms with Crippen molar-refractivity contribution in [2.24, 2.45) is 5.73 Å². The maximum absolute atomic E-state index is 11.3. The number of halogens is 1. The molecule has 0 amide bonds. The van der Waals surface area contributed by atoms with Gasteiger partial charge in [-0.2, -0.15) is 0 Å². The van der Waals surface area contributed by atoms with Gasteiger partial charge < -0.3 is 11.1 Å². The van der Waals surface area contributed by atoms with Crippen molar-refractivity contribution in [1.82, 2.24) is 5.32 Å². The van der Waals surface area contributed by atoms with Crippen LogP contribution in [-0.4, -0.2) is 19.1 Å². The van der Waals surface area contributed by atoms with Crippen molar-refractivity contribution in [3.63, 3.8) is 0 Å². The molecule has 9 heavy (non-hydrogen) atoms. The van der Waals surface area contributed by atoms with Gasteiger partial charge in [-0.05, 0) is 6.08 Å². The van der Waals surface area contributed by atoms with Gasteiger partial charge in [-0.3, -0.25) is 5.41 Å². The third-order valence-electron chi connectivity index (χ3n) is 0.620. The monoisotopic (exact) mass is 131 g/mol. The maximum Gasteiger partial charge on any atom is 0.116 e. The van der Waals surface area contributed by atoms with Gasteiger partial charge in [0.25, 0.3) is 0 Å². The summed E-state index contributed by atoms with van der Waals surface area (Å²) < 4.78 is 11.3. The summed E-state index contributed by atoms with van der Waals surface area (Å²) in [5.41, 5.74) is 4.94. The number of amidine groups is 1. The van der Waals surface area contributed by atoms with Crippen molar-refractivity contribution < 1.29 is 4.39 Å². The maximum atomic E-state index is 11.3. The zero-order chi connectivity index (χ0) is 7.11. The van der Waals surface area contributed by atoms with Gasteiger partial charge in [0, 0.05) is 12.7 Å². The minimum Gasteiger partial charge on any atom is -0.388 e. The Hall–Kier alpha value is -1.06. The van der Waals surface area contributed by atoms with Crippen LogP contribution in [0.25, 0.3) is 0 Å². The third-order valence-corrected chi connectivity index (χ3v) is 0.620. The average molecular weight is 131 g/mol. The molecular weight excluding hydrogens is 121 g/mol. The molecule has 4 N–H and O–H groups in total. The van der Waals surface area contributed by atoms with E-state index in [-0.39, 0.29) is 12.4 Å². The minimum absolute atomic E-state index is 0.0404. The quantitative estimate of drug-likeness (QED) is 0.285. The second kappa shape index (κ2) is 5.08. The number of alkyl halides is 1. The smallest absolute Gasteiger partial charge is 0.116 e. The summed E-state index contributed by atoms with van der Waals surface area (Å²) >= 11 is 0. The first-order chi connectivity index (χ1) is 4.27. The predicted molar refractivity (Wildman–Crippen MR) is 35.0 cm³/mol. The van der Waals surface area contributed by atoms with E-state index in [0.29, 0.717) is 0 Å². The van der Waals surface area contributed by atoms with Gasteiger partial charge >= 0.3 is 0 Å². The van der Waals surface area contributed by atoms with Crippen molar-refractivity contribution >= 4 is 5.84 Å². The molecule has 0 aliphatic carbocycles. The first-order valence-electron chi connectivity index (χ1n) is 2.57. The van der Waals surface area contributed by atoms with Crippen LogP contribution < -0.4 is 11.1 Å². The lowest BCUT2D eigenvalue weighted by Crippen LogP contribution is -2.11. The van der Waals surface area contributed by atoms with Crippen LogP contribution >= 0.6 is 0 Å². The topological polar surface area (TPSA) is 61.9 Å². The van der Waals surface area contributed by atoms with Crippen LogP contribution in [0, 0.1) is 5.41 Å². The van der Waals surface area contributed by atoms with Crippen LogP contribution in [0.4, 0.5) is 4.39 Å². The minimum atomic E-state index is -0.414. The van der Waals surface area contributed by atoms with Gasteiger partial charge in [0.1, 0.15) is 12.5 Å². The molecule has 0 atom stereocenters. The molecule has 0 radical (unpaired) electrons. The van der Waals surface area contributed by atoms with Crippen LogP contribution in [0.5, 0.6) is 0 Å². The van der Waals surface area contributed by atoms with E-state index in [2.05, 4.69) is 5.32 Å². The molecule has 0 aromatic carbocycles. The predicted octanol–water partition coefficient (Wildman–Crippen LogP) is -0.00483. The van der Waals surface area contributed by atoms with E-state index in [1.807, 2.05) is 0 Å². The normalized spacial score (nSPS) is 9.89. The third kappa shape index (κ3) is 6.94. The highest BCUT2D eigenvalue weighted by atomic mass is 19.1. The molecule has 0 heterocycles. The zero-order valence-electron chi connectivity index (χ0n) is 5.02. The molecule has 0 rings (SSSR count). The highest BCUT2D eigenvalue weighted by Crippen LogP contribution is 1.66. The molecule has 4 heteroatoms. The van der Waals surface area contributed by atoms with E-state index in [0.717, 1.165) is 0 Å². The first-order valence-corrected chi connectivity index (χ1v) is 2.57. The summed E-state index contributed by atoms with van der Waals surface area (Å²) in [6.45, 7) is -0.147. The molecule has 0 saturated heterocycles. The van der Waals surface area contributed by atoms with E-state index in [4.69, 9.17) is 11.1 Å². The molecule has 0 aromatic rings. The molecule has 0 unspecified atom stereocenters. The van der Waals surface area contributed by atoms with Crippen molar-refractivity contribution in [3.8, 4) is 0 Å². The van der Waals surface area contributed by atoms with E-state index in [1.54, 1.807) is 0 Å². The lowest BCUT2D eigenvalue weighted by Gasteiger charge is -1.91. The summed E-state index contributed by atoms with van der Waals surface area (Å²) in [7, 11) is 0. The van der Waals surface area contributed by atoms with Crippen molar-refractivity contribution in [1.29, 1.82) is 5.41 Å². The van der Waals surface area contributed by atoms with Crippen LogP contribution in [0.15, 0.2) is 12.3 Å². The van der Waals surface area contributed by atoms with Gasteiger partial charge in [-0.1, -0.05) is 0 Å². The van der Waals surface area contributed by atoms with Crippen LogP contribution in [0.2, 0.25) is 0 Å². The highest BCUT2D eigenvalue weighted by molar-refractivity contribution is 5.88. The van der Waals surface area contributed by atoms with E-state index in [9.17, 15) is 4.39 Å². The number of hydrogen-bond donors (Lipinski definition) is 3. The fourth-order valence-corrected chi connectivity index (χ4v) is 0.287. The van der Waals surface area contributed by atoms with Crippen LogP contribution in [0.3, 0.4) is 0 Å². The Morgan fingerprint density at radius 2 is 2.44 bits per heavy atom. The molecule has 52 valence electrons.